The minimum atomic E-state index is 0.500. The lowest BCUT2D eigenvalue weighted by Gasteiger charge is -1.84. The van der Waals surface area contributed by atoms with Crippen molar-refractivity contribution in [3.05, 3.63) is 23.9 Å². The van der Waals surface area contributed by atoms with Crippen LogP contribution in [0.1, 0.15) is 10.4 Å². The fourth-order valence-electron chi connectivity index (χ4n) is 0.577. The highest BCUT2D eigenvalue weighted by atomic mass is 16.1. The minimum Gasteiger partial charge on any atom is -0.298 e. The summed E-state index contributed by atoms with van der Waals surface area (Å²) >= 11 is 0. The molecule has 9 heavy (non-hydrogen) atoms. The molecular weight excluding hydrogens is 116 g/mol. The maximum Gasteiger partial charge on any atom is 0.270 e. The molecule has 46 valence electrons. The quantitative estimate of drug-likeness (QED) is 0.530. The summed E-state index contributed by atoms with van der Waals surface area (Å²) in [5, 5.41) is 0. The predicted molar refractivity (Wildman–Crippen MR) is 32.8 cm³/mol. The molecule has 1 aromatic rings. The predicted octanol–water partition coefficient (Wildman–Crippen LogP) is -0.105. The lowest BCUT2D eigenvalue weighted by atomic mass is 10.3. The van der Waals surface area contributed by atoms with Gasteiger partial charge in [0.05, 0.1) is 6.20 Å². The van der Waals surface area contributed by atoms with E-state index in [9.17, 15) is 4.79 Å². The number of nitrogens with one attached hydrogen (secondary N) is 1. The van der Waals surface area contributed by atoms with Crippen LogP contribution in [0.4, 0.5) is 5.82 Å². The number of H-pyrrole nitrogens is 1. The zero-order valence-electron chi connectivity index (χ0n) is 4.79. The molecule has 0 fully saturated rings. The molecule has 0 radical (unpaired) electrons. The number of carbonyl (C=O) groups is 1. The summed E-state index contributed by atoms with van der Waals surface area (Å²) < 4.78 is 0. The average Bonchev–Trinajstić information content (AvgIpc) is 1.88. The molecular formula is C6H7N2O+. The first-order chi connectivity index (χ1) is 4.33. The molecule has 3 heteroatoms. The van der Waals surface area contributed by atoms with Crippen molar-refractivity contribution < 1.29 is 9.78 Å². The SMILES string of the molecule is Nc1cc(C=O)cc[nH+]1. The number of rotatable bonds is 1. The molecule has 0 bridgehead atoms. The van der Waals surface area contributed by atoms with Gasteiger partial charge in [0.15, 0.2) is 0 Å². The van der Waals surface area contributed by atoms with E-state index >= 15 is 0 Å². The van der Waals surface area contributed by atoms with Gasteiger partial charge in [-0.3, -0.25) is 10.5 Å². The van der Waals surface area contributed by atoms with Crippen LogP contribution in [0.2, 0.25) is 0 Å². The third-order valence-corrected chi connectivity index (χ3v) is 0.984. The van der Waals surface area contributed by atoms with Crippen molar-refractivity contribution in [2.24, 2.45) is 0 Å². The normalized spacial score (nSPS) is 8.89. The summed E-state index contributed by atoms with van der Waals surface area (Å²) in [6, 6.07) is 3.23. The third kappa shape index (κ3) is 1.25. The molecule has 1 rings (SSSR count). The van der Waals surface area contributed by atoms with Crippen molar-refractivity contribution in [3.8, 4) is 0 Å². The molecule has 1 aromatic heterocycles. The second-order valence-electron chi connectivity index (χ2n) is 1.70. The number of hydrogen-bond donors (Lipinski definition) is 1. The monoisotopic (exact) mass is 123 g/mol. The highest BCUT2D eigenvalue weighted by Gasteiger charge is 1.92. The summed E-state index contributed by atoms with van der Waals surface area (Å²) in [5.74, 6) is 0.500. The summed E-state index contributed by atoms with van der Waals surface area (Å²) in [5.41, 5.74) is 5.91. The van der Waals surface area contributed by atoms with Crippen LogP contribution in [0.5, 0.6) is 0 Å². The highest BCUT2D eigenvalue weighted by Crippen LogP contribution is 1.93. The Bertz CT molecular complexity index is 222. The van der Waals surface area contributed by atoms with Crippen LogP contribution >= 0.6 is 0 Å². The molecule has 0 aliphatic heterocycles. The molecule has 0 aliphatic carbocycles. The van der Waals surface area contributed by atoms with Crippen LogP contribution in [0.15, 0.2) is 18.3 Å². The second-order valence-corrected chi connectivity index (χ2v) is 1.70. The van der Waals surface area contributed by atoms with Crippen LogP contribution in [0.25, 0.3) is 0 Å². The van der Waals surface area contributed by atoms with Crippen molar-refractivity contribution in [3.63, 3.8) is 0 Å². The number of carbonyl (C=O) groups excluding carboxylic acids is 1. The van der Waals surface area contributed by atoms with Crippen molar-refractivity contribution in [2.75, 3.05) is 5.73 Å². The lowest BCUT2D eigenvalue weighted by molar-refractivity contribution is -0.360. The molecule has 1 heterocycles. The van der Waals surface area contributed by atoms with Gasteiger partial charge in [-0.2, -0.15) is 0 Å². The Kier molecular flexibility index (Phi) is 1.44. The zero-order chi connectivity index (χ0) is 6.69. The number of aldehydes is 1. The molecule has 3 nitrogen and oxygen atoms in total. The third-order valence-electron chi connectivity index (χ3n) is 0.984. The molecule has 0 spiro atoms. The Morgan fingerprint density at radius 1 is 1.67 bits per heavy atom. The first-order valence-electron chi connectivity index (χ1n) is 2.55. The van der Waals surface area contributed by atoms with Crippen LogP contribution < -0.4 is 10.7 Å². The molecule has 0 unspecified atom stereocenters. The number of hydrogen-bond acceptors (Lipinski definition) is 2. The standard InChI is InChI=1S/C6H6N2O/c7-6-3-5(4-9)1-2-8-6/h1-4H,(H2,7,8)/p+1. The van der Waals surface area contributed by atoms with Gasteiger partial charge in [-0.25, -0.2) is 4.98 Å². The van der Waals surface area contributed by atoms with Gasteiger partial charge in [0.1, 0.15) is 6.29 Å². The van der Waals surface area contributed by atoms with Gasteiger partial charge in [0, 0.05) is 11.6 Å². The first-order valence-corrected chi connectivity index (χ1v) is 2.55. The van der Waals surface area contributed by atoms with Gasteiger partial charge in [-0.1, -0.05) is 0 Å². The van der Waals surface area contributed by atoms with Crippen LogP contribution in [0.3, 0.4) is 0 Å². The van der Waals surface area contributed by atoms with Gasteiger partial charge in [0.25, 0.3) is 5.82 Å². The first kappa shape index (κ1) is 5.75. The molecule has 0 saturated carbocycles. The van der Waals surface area contributed by atoms with E-state index in [1.807, 2.05) is 0 Å². The van der Waals surface area contributed by atoms with Crippen LogP contribution in [-0.4, -0.2) is 6.29 Å². The van der Waals surface area contributed by atoms with Crippen LogP contribution in [0, 0.1) is 0 Å². The topological polar surface area (TPSA) is 57.2 Å². The lowest BCUT2D eigenvalue weighted by Crippen LogP contribution is -2.08. The minimum absolute atomic E-state index is 0.500. The molecule has 0 aliphatic rings. The number of nitrogens with two attached hydrogens (primary N) is 1. The summed E-state index contributed by atoms with van der Waals surface area (Å²) in [6.07, 6.45) is 2.38. The highest BCUT2D eigenvalue weighted by molar-refractivity contribution is 5.75. The molecule has 0 amide bonds. The van der Waals surface area contributed by atoms with Gasteiger partial charge in [-0.05, 0) is 6.07 Å². The number of anilines is 1. The summed E-state index contributed by atoms with van der Waals surface area (Å²) in [6.45, 7) is 0. The van der Waals surface area contributed by atoms with Gasteiger partial charge in [0.2, 0.25) is 0 Å². The fourth-order valence-corrected chi connectivity index (χ4v) is 0.577. The van der Waals surface area contributed by atoms with Crippen molar-refractivity contribution >= 4 is 12.1 Å². The van der Waals surface area contributed by atoms with E-state index in [2.05, 4.69) is 4.98 Å². The zero-order valence-corrected chi connectivity index (χ0v) is 4.79. The summed E-state index contributed by atoms with van der Waals surface area (Å²) in [4.78, 5) is 12.8. The van der Waals surface area contributed by atoms with E-state index in [0.29, 0.717) is 11.4 Å². The van der Waals surface area contributed by atoms with Crippen molar-refractivity contribution in [1.82, 2.24) is 0 Å². The molecule has 0 atom stereocenters. The molecule has 0 saturated heterocycles. The molecule has 0 aromatic carbocycles. The average molecular weight is 123 g/mol. The Morgan fingerprint density at radius 2 is 2.44 bits per heavy atom. The van der Waals surface area contributed by atoms with E-state index < -0.39 is 0 Å². The van der Waals surface area contributed by atoms with E-state index in [0.717, 1.165) is 6.29 Å². The smallest absolute Gasteiger partial charge is 0.270 e. The maximum atomic E-state index is 10.1. The number of pyridine rings is 1. The van der Waals surface area contributed by atoms with Gasteiger partial charge < -0.3 is 0 Å². The number of nitrogen functional groups attached to an aromatic ring is 1. The molecule has 3 N–H and O–H groups in total. The largest absolute Gasteiger partial charge is 0.298 e. The Balaban J connectivity index is 3.07. The Morgan fingerprint density at radius 3 is 2.89 bits per heavy atom. The maximum absolute atomic E-state index is 10.1. The van der Waals surface area contributed by atoms with Gasteiger partial charge >= 0.3 is 0 Å². The van der Waals surface area contributed by atoms with Crippen LogP contribution in [-0.2, 0) is 0 Å². The number of aromatic nitrogens is 1. The van der Waals surface area contributed by atoms with E-state index in [1.165, 1.54) is 0 Å². The Labute approximate surface area is 52.5 Å². The van der Waals surface area contributed by atoms with Crippen molar-refractivity contribution in [1.29, 1.82) is 0 Å². The van der Waals surface area contributed by atoms with E-state index in [-0.39, 0.29) is 0 Å². The van der Waals surface area contributed by atoms with Gasteiger partial charge in [-0.15, -0.1) is 0 Å². The fraction of sp³-hybridized carbons (Fsp3) is 0. The van der Waals surface area contributed by atoms with Crippen molar-refractivity contribution in [2.45, 2.75) is 0 Å². The Hall–Kier alpha value is -1.38. The number of aromatic amines is 1. The summed E-state index contributed by atoms with van der Waals surface area (Å²) in [7, 11) is 0. The van der Waals surface area contributed by atoms with E-state index in [1.54, 1.807) is 18.3 Å². The van der Waals surface area contributed by atoms with E-state index in [4.69, 9.17) is 5.73 Å². The second kappa shape index (κ2) is 2.26.